The molecular weight excluding hydrogens is 943 g/mol. The lowest BCUT2D eigenvalue weighted by molar-refractivity contribution is 1.06. The molecular formula is C65H35N7S2. The van der Waals surface area contributed by atoms with Gasteiger partial charge in [0.25, 0.3) is 0 Å². The lowest BCUT2D eigenvalue weighted by Gasteiger charge is -2.17. The first-order chi connectivity index (χ1) is 36.6. The van der Waals surface area contributed by atoms with E-state index >= 15 is 0 Å². The molecule has 0 unspecified atom stereocenters. The highest BCUT2D eigenvalue weighted by atomic mass is 32.1. The van der Waals surface area contributed by atoms with Crippen LogP contribution in [0.1, 0.15) is 11.1 Å². The van der Waals surface area contributed by atoms with Crippen molar-refractivity contribution in [3.63, 3.8) is 0 Å². The molecule has 0 bridgehead atoms. The number of aromatic nitrogens is 5. The van der Waals surface area contributed by atoms with Crippen LogP contribution in [0.15, 0.2) is 212 Å². The molecule has 0 aliphatic carbocycles. The fourth-order valence-electron chi connectivity index (χ4n) is 11.1. The Morgan fingerprint density at radius 1 is 0.338 bits per heavy atom. The summed E-state index contributed by atoms with van der Waals surface area (Å²) in [5.74, 6) is 1.46. The van der Waals surface area contributed by atoms with Crippen molar-refractivity contribution in [1.29, 1.82) is 10.5 Å². The Labute approximate surface area is 431 Å². The average Bonchev–Trinajstić information content (AvgIpc) is 4.25. The maximum Gasteiger partial charge on any atom is 0.166 e. The van der Waals surface area contributed by atoms with Gasteiger partial charge in [-0.3, -0.25) is 0 Å². The molecule has 74 heavy (non-hydrogen) atoms. The van der Waals surface area contributed by atoms with Gasteiger partial charge in [0.2, 0.25) is 0 Å². The maximum atomic E-state index is 10.6. The predicted octanol–water partition coefficient (Wildman–Crippen LogP) is 17.2. The molecule has 15 aromatic rings. The first-order valence-electron chi connectivity index (χ1n) is 24.3. The Morgan fingerprint density at radius 3 is 1.45 bits per heavy atom. The average molecular weight is 978 g/mol. The van der Waals surface area contributed by atoms with Gasteiger partial charge in [0, 0.05) is 78.6 Å². The minimum atomic E-state index is 0.464. The summed E-state index contributed by atoms with van der Waals surface area (Å²) in [5.41, 5.74) is 11.3. The first kappa shape index (κ1) is 42.0. The summed E-state index contributed by atoms with van der Waals surface area (Å²) in [4.78, 5) is 16.3. The summed E-state index contributed by atoms with van der Waals surface area (Å²) in [6.07, 6.45) is 0. The van der Waals surface area contributed by atoms with E-state index in [4.69, 9.17) is 15.0 Å². The van der Waals surface area contributed by atoms with E-state index in [1.165, 1.54) is 45.7 Å². The Kier molecular flexibility index (Phi) is 9.29. The van der Waals surface area contributed by atoms with E-state index in [0.717, 1.165) is 77.4 Å². The summed E-state index contributed by atoms with van der Waals surface area (Å²) in [6, 6.07) is 78.2. The van der Waals surface area contributed by atoms with E-state index in [2.05, 4.69) is 161 Å². The Hall–Kier alpha value is -9.77. The lowest BCUT2D eigenvalue weighted by atomic mass is 10.00. The van der Waals surface area contributed by atoms with Crippen molar-refractivity contribution in [1.82, 2.24) is 24.1 Å². The van der Waals surface area contributed by atoms with Crippen molar-refractivity contribution in [2.75, 3.05) is 0 Å². The van der Waals surface area contributed by atoms with Gasteiger partial charge in [0.05, 0.1) is 56.7 Å². The highest BCUT2D eigenvalue weighted by Gasteiger charge is 2.25. The van der Waals surface area contributed by atoms with Gasteiger partial charge in [-0.25, -0.2) is 15.0 Å². The molecule has 5 heterocycles. The molecule has 15 rings (SSSR count). The maximum absolute atomic E-state index is 10.6. The number of hydrogen-bond acceptors (Lipinski definition) is 7. The zero-order chi connectivity index (χ0) is 49.0. The fourth-order valence-corrected chi connectivity index (χ4v) is 13.6. The second-order valence-corrected chi connectivity index (χ2v) is 20.6. The number of para-hydroxylation sites is 2. The fraction of sp³-hybridized carbons (Fsp3) is 0. The van der Waals surface area contributed by atoms with Gasteiger partial charge in [0.1, 0.15) is 0 Å². The molecule has 0 saturated carbocycles. The van der Waals surface area contributed by atoms with Crippen LogP contribution >= 0.6 is 22.7 Å². The van der Waals surface area contributed by atoms with E-state index in [0.29, 0.717) is 28.6 Å². The van der Waals surface area contributed by atoms with E-state index in [-0.39, 0.29) is 0 Å². The topological polar surface area (TPSA) is 96.1 Å². The number of thiophene rings is 2. The smallest absolute Gasteiger partial charge is 0.166 e. The van der Waals surface area contributed by atoms with Gasteiger partial charge in [-0.2, -0.15) is 10.5 Å². The number of nitriles is 2. The third kappa shape index (κ3) is 6.31. The van der Waals surface area contributed by atoms with E-state index in [9.17, 15) is 10.5 Å². The quantitative estimate of drug-likeness (QED) is 0.165. The zero-order valence-electron chi connectivity index (χ0n) is 39.2. The largest absolute Gasteiger partial charge is 0.308 e. The molecule has 0 radical (unpaired) electrons. The van der Waals surface area contributed by atoms with Gasteiger partial charge >= 0.3 is 0 Å². The summed E-state index contributed by atoms with van der Waals surface area (Å²) in [5, 5.41) is 29.9. The van der Waals surface area contributed by atoms with Crippen molar-refractivity contribution < 1.29 is 0 Å². The normalized spacial score (nSPS) is 11.8. The summed E-state index contributed by atoms with van der Waals surface area (Å²) < 4.78 is 9.59. The minimum Gasteiger partial charge on any atom is -0.308 e. The monoisotopic (exact) mass is 977 g/mol. The molecule has 0 aliphatic heterocycles. The molecule has 0 amide bonds. The van der Waals surface area contributed by atoms with Crippen molar-refractivity contribution in [3.05, 3.63) is 223 Å². The summed E-state index contributed by atoms with van der Waals surface area (Å²) in [6.45, 7) is 0. The van der Waals surface area contributed by atoms with Gasteiger partial charge in [-0.05, 0) is 90.0 Å². The molecule has 0 spiro atoms. The first-order valence-corrected chi connectivity index (χ1v) is 25.9. The van der Waals surface area contributed by atoms with Crippen LogP contribution < -0.4 is 0 Å². The predicted molar refractivity (Wildman–Crippen MR) is 305 cm³/mol. The van der Waals surface area contributed by atoms with Crippen molar-refractivity contribution in [2.45, 2.75) is 0 Å². The molecule has 0 aliphatic rings. The molecule has 7 nitrogen and oxygen atoms in total. The van der Waals surface area contributed by atoms with Crippen LogP contribution in [0.4, 0.5) is 0 Å². The van der Waals surface area contributed by atoms with Crippen molar-refractivity contribution in [2.24, 2.45) is 0 Å². The number of nitrogens with zero attached hydrogens (tertiary/aromatic N) is 7. The van der Waals surface area contributed by atoms with Crippen molar-refractivity contribution >= 4 is 107 Å². The Balaban J connectivity index is 1.03. The van der Waals surface area contributed by atoms with Crippen LogP contribution in [0.25, 0.3) is 141 Å². The standard InChI is InChI=1S/C65H35N7S2/c66-36-38-22-25-40(26-23-38)42-27-31-53(71-51-18-8-4-16-47(51)59-54(71)32-29-45-43-14-6-10-20-57(43)73-61(45)59)50(35-42)65-69-63(41-12-2-1-3-13-41)68-64(70-65)49-28-24-39(37-67)34-56(49)72-52-19-9-5-17-48(52)60-55(72)33-30-46-44-15-7-11-21-58(44)74-62(46)60/h1-35H. The molecule has 342 valence electrons. The molecule has 10 aromatic carbocycles. The van der Waals surface area contributed by atoms with Crippen LogP contribution in [0.2, 0.25) is 0 Å². The molecule has 5 aromatic heterocycles. The highest BCUT2D eigenvalue weighted by Crippen LogP contribution is 2.47. The van der Waals surface area contributed by atoms with Crippen LogP contribution in [0, 0.1) is 22.7 Å². The van der Waals surface area contributed by atoms with E-state index in [1.807, 2.05) is 95.5 Å². The summed E-state index contributed by atoms with van der Waals surface area (Å²) >= 11 is 3.64. The molecule has 9 heteroatoms. The molecule has 0 N–H and O–H groups in total. The minimum absolute atomic E-state index is 0.464. The SMILES string of the molecule is N#Cc1ccc(-c2ccc(-n3c4ccccc4c4c5sc6ccccc6c5ccc43)c(-c3nc(-c4ccccc4)nc(-c4ccc(C#N)cc4-n4c5ccccc5c5c6sc7ccccc7c6ccc54)n3)c2)cc1. The second-order valence-electron chi connectivity index (χ2n) is 18.5. The molecule has 0 saturated heterocycles. The Bertz CT molecular complexity index is 4930. The van der Waals surface area contributed by atoms with Crippen LogP contribution in [0.3, 0.4) is 0 Å². The highest BCUT2D eigenvalue weighted by molar-refractivity contribution is 7.27. The molecule has 0 fully saturated rings. The van der Waals surface area contributed by atoms with Gasteiger partial charge < -0.3 is 9.13 Å². The van der Waals surface area contributed by atoms with Gasteiger partial charge in [-0.1, -0.05) is 133 Å². The Morgan fingerprint density at radius 2 is 0.838 bits per heavy atom. The van der Waals surface area contributed by atoms with Gasteiger partial charge in [0.15, 0.2) is 17.5 Å². The van der Waals surface area contributed by atoms with Crippen LogP contribution in [-0.2, 0) is 0 Å². The van der Waals surface area contributed by atoms with Gasteiger partial charge in [-0.15, -0.1) is 22.7 Å². The van der Waals surface area contributed by atoms with Crippen LogP contribution in [-0.4, -0.2) is 24.1 Å². The van der Waals surface area contributed by atoms with E-state index in [1.54, 1.807) is 0 Å². The number of benzene rings is 10. The third-order valence-corrected chi connectivity index (χ3v) is 16.9. The second kappa shape index (κ2) is 16.4. The van der Waals surface area contributed by atoms with E-state index < -0.39 is 0 Å². The number of hydrogen-bond donors (Lipinski definition) is 0. The lowest BCUT2D eigenvalue weighted by Crippen LogP contribution is -2.06. The third-order valence-electron chi connectivity index (χ3n) is 14.5. The number of rotatable bonds is 6. The molecule has 0 atom stereocenters. The summed E-state index contributed by atoms with van der Waals surface area (Å²) in [7, 11) is 0. The van der Waals surface area contributed by atoms with Crippen LogP contribution in [0.5, 0.6) is 0 Å². The van der Waals surface area contributed by atoms with Crippen molar-refractivity contribution in [3.8, 4) is 68.8 Å². The zero-order valence-corrected chi connectivity index (χ0v) is 40.8. The number of fused-ring (bicyclic) bond motifs is 14.